The number of aryl methyl sites for hydroxylation is 1. The van der Waals surface area contributed by atoms with Crippen molar-refractivity contribution >= 4 is 21.6 Å². The van der Waals surface area contributed by atoms with E-state index in [0.717, 1.165) is 6.42 Å². The Morgan fingerprint density at radius 3 is 2.83 bits per heavy atom. The Balaban J connectivity index is 2.42. The molecule has 1 fully saturated rings. The van der Waals surface area contributed by atoms with E-state index in [2.05, 4.69) is 0 Å². The summed E-state index contributed by atoms with van der Waals surface area (Å²) < 4.78 is 26.4. The van der Waals surface area contributed by atoms with Gasteiger partial charge in [0.1, 0.15) is 0 Å². The molecule has 1 heterocycles. The lowest BCUT2D eigenvalue weighted by Crippen LogP contribution is -2.37. The molecule has 4 nitrogen and oxygen atoms in total. The Bertz CT molecular complexity index is 544. The summed E-state index contributed by atoms with van der Waals surface area (Å²) in [7, 11) is -3.53. The summed E-state index contributed by atoms with van der Waals surface area (Å²) in [5, 5.41) is 9.75. The SMILES string of the molecule is Cc1cc(Cl)ccc1S(=O)(=O)N1CCC[C@H]1CO. The molecule has 1 aromatic rings. The lowest BCUT2D eigenvalue weighted by atomic mass is 10.2. The molecule has 100 valence electrons. The first kappa shape index (κ1) is 13.8. The van der Waals surface area contributed by atoms with Crippen LogP contribution in [0.1, 0.15) is 18.4 Å². The maximum Gasteiger partial charge on any atom is 0.243 e. The minimum Gasteiger partial charge on any atom is -0.395 e. The van der Waals surface area contributed by atoms with E-state index >= 15 is 0 Å². The molecule has 1 atom stereocenters. The minimum absolute atomic E-state index is 0.133. The molecule has 0 unspecified atom stereocenters. The van der Waals surface area contributed by atoms with Crippen molar-refractivity contribution in [3.05, 3.63) is 28.8 Å². The Morgan fingerprint density at radius 1 is 1.50 bits per heavy atom. The Labute approximate surface area is 112 Å². The van der Waals surface area contributed by atoms with E-state index in [9.17, 15) is 13.5 Å². The van der Waals surface area contributed by atoms with Crippen molar-refractivity contribution in [1.29, 1.82) is 0 Å². The van der Waals surface area contributed by atoms with Crippen molar-refractivity contribution in [3.63, 3.8) is 0 Å². The monoisotopic (exact) mass is 289 g/mol. The molecule has 6 heteroatoms. The van der Waals surface area contributed by atoms with Gasteiger partial charge >= 0.3 is 0 Å². The van der Waals surface area contributed by atoms with Crippen molar-refractivity contribution in [2.45, 2.75) is 30.7 Å². The molecule has 0 aromatic heterocycles. The number of hydrogen-bond acceptors (Lipinski definition) is 3. The number of benzene rings is 1. The predicted octanol–water partition coefficient (Wildman–Crippen LogP) is 1.79. The highest BCUT2D eigenvalue weighted by molar-refractivity contribution is 7.89. The van der Waals surface area contributed by atoms with Crippen LogP contribution < -0.4 is 0 Å². The van der Waals surface area contributed by atoms with Crippen molar-refractivity contribution in [1.82, 2.24) is 4.31 Å². The molecule has 18 heavy (non-hydrogen) atoms. The number of halogens is 1. The van der Waals surface area contributed by atoms with E-state index in [1.807, 2.05) is 0 Å². The molecule has 1 aromatic carbocycles. The predicted molar refractivity (Wildman–Crippen MR) is 70.2 cm³/mol. The van der Waals surface area contributed by atoms with Crippen molar-refractivity contribution in [2.75, 3.05) is 13.2 Å². The fraction of sp³-hybridized carbons (Fsp3) is 0.500. The van der Waals surface area contributed by atoms with Gasteiger partial charge in [-0.2, -0.15) is 4.31 Å². The quantitative estimate of drug-likeness (QED) is 0.923. The lowest BCUT2D eigenvalue weighted by molar-refractivity contribution is 0.213. The summed E-state index contributed by atoms with van der Waals surface area (Å²) in [5.74, 6) is 0. The molecule has 0 saturated carbocycles. The highest BCUT2D eigenvalue weighted by Gasteiger charge is 2.35. The zero-order valence-electron chi connectivity index (χ0n) is 10.1. The van der Waals surface area contributed by atoms with Crippen LogP contribution in [0.4, 0.5) is 0 Å². The van der Waals surface area contributed by atoms with Crippen LogP contribution in [0.3, 0.4) is 0 Å². The first-order valence-electron chi connectivity index (χ1n) is 5.85. The Kier molecular flexibility index (Phi) is 3.96. The zero-order chi connectivity index (χ0) is 13.3. The molecule has 0 bridgehead atoms. The normalized spacial score (nSPS) is 21.4. The maximum absolute atomic E-state index is 12.5. The van der Waals surface area contributed by atoms with Crippen LogP contribution in [0.25, 0.3) is 0 Å². The number of hydrogen-bond donors (Lipinski definition) is 1. The molecule has 1 N–H and O–H groups in total. The van der Waals surface area contributed by atoms with Crippen LogP contribution in [0, 0.1) is 6.92 Å². The third kappa shape index (κ3) is 2.40. The van der Waals surface area contributed by atoms with E-state index in [1.165, 1.54) is 10.4 Å². The van der Waals surface area contributed by atoms with Gasteiger partial charge in [0, 0.05) is 17.6 Å². The standard InChI is InChI=1S/C12H16ClNO3S/c1-9-7-10(13)4-5-12(9)18(16,17)14-6-2-3-11(14)8-15/h4-5,7,11,15H,2-3,6,8H2,1H3/t11-/m0/s1. The second kappa shape index (κ2) is 5.17. The number of sulfonamides is 1. The van der Waals surface area contributed by atoms with E-state index in [0.29, 0.717) is 23.6 Å². The van der Waals surface area contributed by atoms with Gasteiger partial charge in [0.2, 0.25) is 10.0 Å². The molecule has 0 amide bonds. The van der Waals surface area contributed by atoms with Crippen LogP contribution >= 0.6 is 11.6 Å². The Morgan fingerprint density at radius 2 is 2.22 bits per heavy atom. The molecular formula is C12H16ClNO3S. The summed E-state index contributed by atoms with van der Waals surface area (Å²) in [6.45, 7) is 2.06. The number of aliphatic hydroxyl groups is 1. The maximum atomic E-state index is 12.5. The molecule has 0 radical (unpaired) electrons. The smallest absolute Gasteiger partial charge is 0.243 e. The minimum atomic E-state index is -3.53. The molecule has 2 rings (SSSR count). The highest BCUT2D eigenvalue weighted by Crippen LogP contribution is 2.28. The summed E-state index contributed by atoms with van der Waals surface area (Å²) in [6.07, 6.45) is 1.50. The van der Waals surface area contributed by atoms with Gasteiger partial charge in [-0.1, -0.05) is 11.6 Å². The van der Waals surface area contributed by atoms with Crippen LogP contribution in [0.5, 0.6) is 0 Å². The second-order valence-corrected chi connectivity index (χ2v) is 6.80. The van der Waals surface area contributed by atoms with Gasteiger partial charge in [0.15, 0.2) is 0 Å². The van der Waals surface area contributed by atoms with E-state index < -0.39 is 10.0 Å². The molecule has 0 aliphatic carbocycles. The molecule has 1 aliphatic rings. The zero-order valence-corrected chi connectivity index (χ0v) is 11.7. The number of aliphatic hydroxyl groups excluding tert-OH is 1. The number of rotatable bonds is 3. The lowest BCUT2D eigenvalue weighted by Gasteiger charge is -2.23. The number of nitrogens with zero attached hydrogens (tertiary/aromatic N) is 1. The molecular weight excluding hydrogens is 274 g/mol. The fourth-order valence-electron chi connectivity index (χ4n) is 2.34. The van der Waals surface area contributed by atoms with Crippen LogP contribution in [-0.4, -0.2) is 37.0 Å². The average molecular weight is 290 g/mol. The van der Waals surface area contributed by atoms with E-state index in [4.69, 9.17) is 11.6 Å². The van der Waals surface area contributed by atoms with Gasteiger partial charge in [-0.3, -0.25) is 0 Å². The van der Waals surface area contributed by atoms with Crippen molar-refractivity contribution in [2.24, 2.45) is 0 Å². The summed E-state index contributed by atoms with van der Waals surface area (Å²) in [5.41, 5.74) is 0.631. The first-order valence-corrected chi connectivity index (χ1v) is 7.67. The second-order valence-electron chi connectivity index (χ2n) is 4.50. The van der Waals surface area contributed by atoms with Gasteiger partial charge < -0.3 is 5.11 Å². The first-order chi connectivity index (χ1) is 8.46. The average Bonchev–Trinajstić information content (AvgIpc) is 2.76. The summed E-state index contributed by atoms with van der Waals surface area (Å²) in [6, 6.07) is 4.44. The largest absolute Gasteiger partial charge is 0.395 e. The van der Waals surface area contributed by atoms with Gasteiger partial charge in [-0.05, 0) is 43.5 Å². The fourth-order valence-corrected chi connectivity index (χ4v) is 4.46. The molecule has 0 spiro atoms. The molecule has 1 saturated heterocycles. The Hall–Kier alpha value is -0.620. The van der Waals surface area contributed by atoms with Crippen LogP contribution in [-0.2, 0) is 10.0 Å². The third-order valence-corrected chi connectivity index (χ3v) is 5.60. The molecule has 1 aliphatic heterocycles. The van der Waals surface area contributed by atoms with Gasteiger partial charge in [0.25, 0.3) is 0 Å². The third-order valence-electron chi connectivity index (χ3n) is 3.26. The van der Waals surface area contributed by atoms with Crippen molar-refractivity contribution < 1.29 is 13.5 Å². The summed E-state index contributed by atoms with van der Waals surface area (Å²) in [4.78, 5) is 0.271. The topological polar surface area (TPSA) is 57.6 Å². The van der Waals surface area contributed by atoms with Crippen LogP contribution in [0.15, 0.2) is 23.1 Å². The van der Waals surface area contributed by atoms with Crippen molar-refractivity contribution in [3.8, 4) is 0 Å². The van der Waals surface area contributed by atoms with Crippen LogP contribution in [0.2, 0.25) is 5.02 Å². The highest BCUT2D eigenvalue weighted by atomic mass is 35.5. The van der Waals surface area contributed by atoms with Gasteiger partial charge in [0.05, 0.1) is 11.5 Å². The summed E-state index contributed by atoms with van der Waals surface area (Å²) >= 11 is 5.83. The van der Waals surface area contributed by atoms with E-state index in [-0.39, 0.29) is 17.5 Å². The van der Waals surface area contributed by atoms with Gasteiger partial charge in [-0.15, -0.1) is 0 Å². The van der Waals surface area contributed by atoms with E-state index in [1.54, 1.807) is 19.1 Å². The van der Waals surface area contributed by atoms with Gasteiger partial charge in [-0.25, -0.2) is 8.42 Å².